The normalized spacial score (nSPS) is 13.5. The van der Waals surface area contributed by atoms with E-state index in [2.05, 4.69) is 37.4 Å². The molecule has 0 saturated heterocycles. The fourth-order valence-electron chi connectivity index (χ4n) is 1.61. The lowest BCUT2D eigenvalue weighted by Crippen LogP contribution is -2.32. The molecule has 0 aliphatic heterocycles. The molecule has 1 N–H and O–H groups in total. The average molecular weight is 195 g/mol. The van der Waals surface area contributed by atoms with Crippen molar-refractivity contribution in [2.45, 2.75) is 39.8 Å². The van der Waals surface area contributed by atoms with Crippen molar-refractivity contribution in [3.63, 3.8) is 0 Å². The number of nitrogens with one attached hydrogen (secondary N) is 1. The second kappa shape index (κ2) is 5.15. The van der Waals surface area contributed by atoms with Gasteiger partial charge in [-0.25, -0.2) is 0 Å². The van der Waals surface area contributed by atoms with E-state index in [9.17, 15) is 0 Å². The lowest BCUT2D eigenvalue weighted by Gasteiger charge is -2.18. The van der Waals surface area contributed by atoms with Crippen LogP contribution in [0.5, 0.6) is 0 Å². The van der Waals surface area contributed by atoms with E-state index in [4.69, 9.17) is 0 Å². The van der Waals surface area contributed by atoms with Gasteiger partial charge in [-0.2, -0.15) is 5.10 Å². The van der Waals surface area contributed by atoms with Crippen molar-refractivity contribution in [2.24, 2.45) is 5.92 Å². The number of rotatable bonds is 5. The van der Waals surface area contributed by atoms with Gasteiger partial charge in [-0.3, -0.25) is 4.68 Å². The summed E-state index contributed by atoms with van der Waals surface area (Å²) in [4.78, 5) is 0. The lowest BCUT2D eigenvalue weighted by atomic mass is 9.98. The molecule has 1 aromatic heterocycles. The topological polar surface area (TPSA) is 29.9 Å². The zero-order chi connectivity index (χ0) is 10.6. The van der Waals surface area contributed by atoms with Crippen molar-refractivity contribution in [3.8, 4) is 0 Å². The van der Waals surface area contributed by atoms with Crippen LogP contribution < -0.4 is 5.32 Å². The summed E-state index contributed by atoms with van der Waals surface area (Å²) < 4.78 is 1.97. The molecule has 0 aromatic carbocycles. The summed E-state index contributed by atoms with van der Waals surface area (Å²) in [5.41, 5.74) is 1.32. The minimum atomic E-state index is 0.546. The number of nitrogens with zero attached hydrogens (tertiary/aromatic N) is 2. The van der Waals surface area contributed by atoms with Gasteiger partial charge < -0.3 is 5.32 Å². The number of aromatic nitrogens is 2. The molecule has 1 atom stereocenters. The van der Waals surface area contributed by atoms with E-state index in [-0.39, 0.29) is 0 Å². The first-order valence-electron chi connectivity index (χ1n) is 5.36. The number of likely N-dealkylation sites (N-methyl/N-ethyl adjacent to an activating group) is 1. The maximum atomic E-state index is 4.27. The summed E-state index contributed by atoms with van der Waals surface area (Å²) in [5, 5.41) is 7.61. The van der Waals surface area contributed by atoms with E-state index < -0.39 is 0 Å². The molecular formula is C11H21N3. The zero-order valence-corrected chi connectivity index (χ0v) is 9.62. The number of aryl methyl sites for hydroxylation is 1. The van der Waals surface area contributed by atoms with Gasteiger partial charge in [0.1, 0.15) is 0 Å². The van der Waals surface area contributed by atoms with Gasteiger partial charge >= 0.3 is 0 Å². The van der Waals surface area contributed by atoms with Gasteiger partial charge in [-0.15, -0.1) is 0 Å². The predicted octanol–water partition coefficient (Wildman–Crippen LogP) is 1.69. The largest absolute Gasteiger partial charge is 0.316 e. The van der Waals surface area contributed by atoms with Crippen LogP contribution in [-0.2, 0) is 13.0 Å². The Morgan fingerprint density at radius 3 is 2.64 bits per heavy atom. The van der Waals surface area contributed by atoms with Crippen LogP contribution >= 0.6 is 0 Å². The molecule has 1 heterocycles. The number of hydrogen-bond donors (Lipinski definition) is 1. The molecule has 80 valence electrons. The molecule has 3 nitrogen and oxygen atoms in total. The van der Waals surface area contributed by atoms with Gasteiger partial charge in [-0.1, -0.05) is 13.8 Å². The summed E-state index contributed by atoms with van der Waals surface area (Å²) in [6.07, 6.45) is 5.16. The fourth-order valence-corrected chi connectivity index (χ4v) is 1.61. The molecule has 0 saturated carbocycles. The van der Waals surface area contributed by atoms with Gasteiger partial charge in [0.15, 0.2) is 0 Å². The molecular weight excluding hydrogens is 174 g/mol. The maximum absolute atomic E-state index is 4.27. The average Bonchev–Trinajstić information content (AvgIpc) is 2.61. The minimum absolute atomic E-state index is 0.546. The molecule has 0 bridgehead atoms. The molecule has 3 heteroatoms. The molecule has 14 heavy (non-hydrogen) atoms. The fraction of sp³-hybridized carbons (Fsp3) is 0.727. The molecule has 0 spiro atoms. The van der Waals surface area contributed by atoms with E-state index in [1.807, 2.05) is 17.9 Å². The highest BCUT2D eigenvalue weighted by Crippen LogP contribution is 2.09. The van der Waals surface area contributed by atoms with E-state index in [0.717, 1.165) is 13.0 Å². The van der Waals surface area contributed by atoms with Crippen LogP contribution in [0, 0.1) is 5.92 Å². The van der Waals surface area contributed by atoms with Crippen molar-refractivity contribution in [1.82, 2.24) is 15.1 Å². The van der Waals surface area contributed by atoms with Gasteiger partial charge in [0.2, 0.25) is 0 Å². The predicted molar refractivity (Wildman–Crippen MR) is 59.3 cm³/mol. The van der Waals surface area contributed by atoms with Gasteiger partial charge in [0.25, 0.3) is 0 Å². The molecule has 0 aliphatic carbocycles. The summed E-state index contributed by atoms with van der Waals surface area (Å²) in [5.74, 6) is 0.657. The Bertz CT molecular complexity index is 265. The van der Waals surface area contributed by atoms with Crippen molar-refractivity contribution in [3.05, 3.63) is 18.0 Å². The minimum Gasteiger partial charge on any atom is -0.316 e. The highest BCUT2D eigenvalue weighted by molar-refractivity contribution is 5.06. The quantitative estimate of drug-likeness (QED) is 0.775. The monoisotopic (exact) mass is 195 g/mol. The van der Waals surface area contributed by atoms with Crippen LogP contribution in [0.15, 0.2) is 12.4 Å². The second-order valence-corrected chi connectivity index (χ2v) is 4.05. The molecule has 0 fully saturated rings. The van der Waals surface area contributed by atoms with E-state index in [1.165, 1.54) is 5.56 Å². The Kier molecular flexibility index (Phi) is 4.14. The first-order chi connectivity index (χ1) is 6.67. The van der Waals surface area contributed by atoms with Crippen molar-refractivity contribution >= 4 is 0 Å². The molecule has 1 unspecified atom stereocenters. The Labute approximate surface area is 86.5 Å². The highest BCUT2D eigenvalue weighted by atomic mass is 15.3. The Morgan fingerprint density at radius 2 is 2.21 bits per heavy atom. The Hall–Kier alpha value is -0.830. The van der Waals surface area contributed by atoms with Crippen molar-refractivity contribution in [1.29, 1.82) is 0 Å². The van der Waals surface area contributed by atoms with Gasteiger partial charge in [0, 0.05) is 18.8 Å². The van der Waals surface area contributed by atoms with Crippen LogP contribution in [0.25, 0.3) is 0 Å². The van der Waals surface area contributed by atoms with Gasteiger partial charge in [-0.05, 0) is 31.9 Å². The first-order valence-corrected chi connectivity index (χ1v) is 5.36. The lowest BCUT2D eigenvalue weighted by molar-refractivity contribution is 0.424. The van der Waals surface area contributed by atoms with E-state index in [0.29, 0.717) is 12.0 Å². The molecule has 0 radical (unpaired) electrons. The molecule has 1 aromatic rings. The highest BCUT2D eigenvalue weighted by Gasteiger charge is 2.12. The van der Waals surface area contributed by atoms with E-state index >= 15 is 0 Å². The van der Waals surface area contributed by atoms with Crippen LogP contribution in [0.2, 0.25) is 0 Å². The Balaban J connectivity index is 2.57. The van der Waals surface area contributed by atoms with E-state index in [1.54, 1.807) is 0 Å². The first kappa shape index (κ1) is 11.2. The SMILES string of the molecule is CCn1cc(CC(NC)C(C)C)cn1. The Morgan fingerprint density at radius 1 is 1.50 bits per heavy atom. The maximum Gasteiger partial charge on any atom is 0.0522 e. The smallest absolute Gasteiger partial charge is 0.0522 e. The third-order valence-electron chi connectivity index (χ3n) is 2.64. The summed E-state index contributed by atoms with van der Waals surface area (Å²) in [6, 6.07) is 0.546. The van der Waals surface area contributed by atoms with Crippen molar-refractivity contribution < 1.29 is 0 Å². The molecule has 0 aliphatic rings. The van der Waals surface area contributed by atoms with Crippen LogP contribution in [0.3, 0.4) is 0 Å². The second-order valence-electron chi connectivity index (χ2n) is 4.05. The molecule has 1 rings (SSSR count). The third kappa shape index (κ3) is 2.84. The summed E-state index contributed by atoms with van der Waals surface area (Å²) >= 11 is 0. The molecule has 0 amide bonds. The van der Waals surface area contributed by atoms with Crippen LogP contribution in [0.4, 0.5) is 0 Å². The van der Waals surface area contributed by atoms with Crippen LogP contribution in [0.1, 0.15) is 26.3 Å². The standard InChI is InChI=1S/C11H21N3/c1-5-14-8-10(7-13-14)6-11(12-4)9(2)3/h7-9,11-12H,5-6H2,1-4H3. The zero-order valence-electron chi connectivity index (χ0n) is 9.62. The number of hydrogen-bond acceptors (Lipinski definition) is 2. The van der Waals surface area contributed by atoms with Crippen molar-refractivity contribution in [2.75, 3.05) is 7.05 Å². The third-order valence-corrected chi connectivity index (χ3v) is 2.64. The summed E-state index contributed by atoms with van der Waals surface area (Å²) in [6.45, 7) is 7.54. The van der Waals surface area contributed by atoms with Gasteiger partial charge in [0.05, 0.1) is 6.20 Å². The summed E-state index contributed by atoms with van der Waals surface area (Å²) in [7, 11) is 2.02. The van der Waals surface area contributed by atoms with Crippen LogP contribution in [-0.4, -0.2) is 22.9 Å².